The molecule has 0 bridgehead atoms. The molecule has 24 heavy (non-hydrogen) atoms. The highest BCUT2D eigenvalue weighted by atomic mass is 35.5. The van der Waals surface area contributed by atoms with Gasteiger partial charge in [-0.2, -0.15) is 0 Å². The maximum absolute atomic E-state index is 11.3. The normalized spacial score (nSPS) is 11.9. The lowest BCUT2D eigenvalue weighted by atomic mass is 10.2. The molecule has 2 rings (SSSR count). The average Bonchev–Trinajstić information content (AvgIpc) is 2.57. The van der Waals surface area contributed by atoms with Gasteiger partial charge in [0.25, 0.3) is 0 Å². The van der Waals surface area contributed by atoms with Gasteiger partial charge < -0.3 is 14.6 Å². The molecule has 0 radical (unpaired) electrons. The van der Waals surface area contributed by atoms with E-state index in [0.29, 0.717) is 30.4 Å². The van der Waals surface area contributed by atoms with Crippen molar-refractivity contribution < 1.29 is 19.4 Å². The van der Waals surface area contributed by atoms with Gasteiger partial charge in [-0.1, -0.05) is 41.4 Å². The van der Waals surface area contributed by atoms with Crippen molar-refractivity contribution in [1.82, 2.24) is 0 Å². The van der Waals surface area contributed by atoms with Crippen molar-refractivity contribution in [3.8, 4) is 5.75 Å². The van der Waals surface area contributed by atoms with Gasteiger partial charge in [0.15, 0.2) is 6.10 Å². The van der Waals surface area contributed by atoms with Crippen molar-refractivity contribution in [3.05, 3.63) is 64.7 Å². The highest BCUT2D eigenvalue weighted by molar-refractivity contribution is 6.30. The number of carboxylic acid groups (broad SMARTS) is 1. The first-order valence-corrected chi connectivity index (χ1v) is 8.21. The van der Waals surface area contributed by atoms with Crippen LogP contribution < -0.4 is 4.74 Å². The number of ether oxygens (including phenoxy) is 2. The van der Waals surface area contributed by atoms with Gasteiger partial charge in [-0.25, -0.2) is 4.79 Å². The van der Waals surface area contributed by atoms with Gasteiger partial charge in [-0.15, -0.1) is 0 Å². The van der Waals surface area contributed by atoms with Crippen LogP contribution in [0, 0.1) is 6.92 Å². The van der Waals surface area contributed by atoms with Crippen molar-refractivity contribution in [1.29, 1.82) is 0 Å². The minimum Gasteiger partial charge on any atom is -0.479 e. The number of aliphatic carboxylic acids is 1. The number of halogens is 1. The van der Waals surface area contributed by atoms with Crippen LogP contribution in [-0.2, 0) is 16.0 Å². The molecule has 1 atom stereocenters. The first-order valence-electron chi connectivity index (χ1n) is 7.83. The third-order valence-corrected chi connectivity index (χ3v) is 3.80. The molecule has 1 unspecified atom stereocenters. The van der Waals surface area contributed by atoms with E-state index >= 15 is 0 Å². The highest BCUT2D eigenvalue weighted by Gasteiger charge is 2.19. The predicted octanol–water partition coefficient (Wildman–Crippen LogP) is 4.13. The van der Waals surface area contributed by atoms with Crippen LogP contribution in [-0.4, -0.2) is 30.4 Å². The first-order chi connectivity index (χ1) is 11.5. The van der Waals surface area contributed by atoms with Crippen molar-refractivity contribution in [3.63, 3.8) is 0 Å². The second kappa shape index (κ2) is 9.30. The molecule has 0 aliphatic rings. The highest BCUT2D eigenvalue weighted by Crippen LogP contribution is 2.15. The zero-order valence-electron chi connectivity index (χ0n) is 13.6. The number of aryl methyl sites for hydroxylation is 1. The molecule has 0 spiro atoms. The molecule has 2 aromatic carbocycles. The molecule has 0 amide bonds. The van der Waals surface area contributed by atoms with Crippen molar-refractivity contribution in [2.24, 2.45) is 0 Å². The minimum absolute atomic E-state index is 0.295. The molecular formula is C19H21ClO4. The molecule has 2 aromatic rings. The van der Waals surface area contributed by atoms with Crippen molar-refractivity contribution >= 4 is 17.6 Å². The summed E-state index contributed by atoms with van der Waals surface area (Å²) in [6, 6.07) is 14.9. The van der Waals surface area contributed by atoms with E-state index in [4.69, 9.17) is 21.1 Å². The minimum atomic E-state index is -0.989. The third-order valence-electron chi connectivity index (χ3n) is 3.55. The van der Waals surface area contributed by atoms with Crippen LogP contribution in [0.1, 0.15) is 17.5 Å². The van der Waals surface area contributed by atoms with Gasteiger partial charge in [0.1, 0.15) is 5.75 Å². The number of hydrogen-bond acceptors (Lipinski definition) is 3. The van der Waals surface area contributed by atoms with Crippen molar-refractivity contribution in [2.75, 3.05) is 13.2 Å². The van der Waals surface area contributed by atoms with Gasteiger partial charge in [0.05, 0.1) is 13.2 Å². The zero-order valence-corrected chi connectivity index (χ0v) is 14.3. The number of rotatable bonds is 9. The number of hydrogen-bond donors (Lipinski definition) is 1. The molecule has 0 saturated heterocycles. The second-order valence-electron chi connectivity index (χ2n) is 5.54. The van der Waals surface area contributed by atoms with Crippen LogP contribution in [0.3, 0.4) is 0 Å². The molecule has 0 aromatic heterocycles. The topological polar surface area (TPSA) is 55.8 Å². The van der Waals surface area contributed by atoms with E-state index in [0.717, 1.165) is 17.5 Å². The van der Waals surface area contributed by atoms with E-state index < -0.39 is 12.1 Å². The Hall–Kier alpha value is -2.04. The second-order valence-corrected chi connectivity index (χ2v) is 5.97. The molecule has 0 saturated carbocycles. The Morgan fingerprint density at radius 3 is 2.38 bits per heavy atom. The van der Waals surface area contributed by atoms with Gasteiger partial charge >= 0.3 is 5.97 Å². The fourth-order valence-electron chi connectivity index (χ4n) is 2.15. The molecule has 0 aliphatic heterocycles. The summed E-state index contributed by atoms with van der Waals surface area (Å²) < 4.78 is 11.0. The third kappa shape index (κ3) is 6.22. The monoisotopic (exact) mass is 348 g/mol. The van der Waals surface area contributed by atoms with Crippen LogP contribution in [0.2, 0.25) is 5.02 Å². The largest absolute Gasteiger partial charge is 0.479 e. The lowest BCUT2D eigenvalue weighted by molar-refractivity contribution is -0.146. The molecule has 5 heteroatoms. The Bertz CT molecular complexity index is 637. The summed E-state index contributed by atoms with van der Waals surface area (Å²) >= 11 is 5.83. The van der Waals surface area contributed by atoms with E-state index in [1.165, 1.54) is 0 Å². The van der Waals surface area contributed by atoms with Crippen LogP contribution in [0.15, 0.2) is 48.5 Å². The van der Waals surface area contributed by atoms with Crippen LogP contribution >= 0.6 is 11.6 Å². The molecule has 0 fully saturated rings. The van der Waals surface area contributed by atoms with Crippen molar-refractivity contribution in [2.45, 2.75) is 25.9 Å². The summed E-state index contributed by atoms with van der Waals surface area (Å²) in [5.41, 5.74) is 2.23. The van der Waals surface area contributed by atoms with E-state index in [-0.39, 0.29) is 0 Å². The first kappa shape index (κ1) is 18.3. The maximum atomic E-state index is 11.3. The predicted molar refractivity (Wildman–Crippen MR) is 93.8 cm³/mol. The zero-order chi connectivity index (χ0) is 17.4. The lowest BCUT2D eigenvalue weighted by Gasteiger charge is -2.15. The lowest BCUT2D eigenvalue weighted by Crippen LogP contribution is -2.28. The number of benzene rings is 2. The Morgan fingerprint density at radius 2 is 1.75 bits per heavy atom. The summed E-state index contributed by atoms with van der Waals surface area (Å²) in [4.78, 5) is 11.3. The quantitative estimate of drug-likeness (QED) is 0.692. The Balaban J connectivity index is 1.72. The fraction of sp³-hybridized carbons (Fsp3) is 0.316. The van der Waals surface area contributed by atoms with Crippen LogP contribution in [0.25, 0.3) is 0 Å². The molecule has 4 nitrogen and oxygen atoms in total. The van der Waals surface area contributed by atoms with E-state index in [9.17, 15) is 9.90 Å². The Kier molecular flexibility index (Phi) is 7.09. The summed E-state index contributed by atoms with van der Waals surface area (Å²) in [6.07, 6.45) is 0.139. The standard InChI is InChI=1S/C19H21ClO4/c1-14-2-8-17(9-3-14)24-18(19(21)22)11-13-23-12-10-15-4-6-16(20)7-5-15/h2-9,18H,10-13H2,1H3,(H,21,22). The summed E-state index contributed by atoms with van der Waals surface area (Å²) in [7, 11) is 0. The molecule has 128 valence electrons. The van der Waals surface area contributed by atoms with Crippen LogP contribution in [0.4, 0.5) is 0 Å². The SMILES string of the molecule is Cc1ccc(OC(CCOCCc2ccc(Cl)cc2)C(=O)O)cc1. The summed E-state index contributed by atoms with van der Waals surface area (Å²) in [5, 5.41) is 9.96. The van der Waals surface area contributed by atoms with Gasteiger partial charge in [0.2, 0.25) is 0 Å². The molecule has 1 N–H and O–H groups in total. The molecule has 0 aliphatic carbocycles. The summed E-state index contributed by atoms with van der Waals surface area (Å²) in [5.74, 6) is -0.439. The fourth-order valence-corrected chi connectivity index (χ4v) is 2.27. The Morgan fingerprint density at radius 1 is 1.08 bits per heavy atom. The number of carboxylic acids is 1. The summed E-state index contributed by atoms with van der Waals surface area (Å²) in [6.45, 7) is 2.82. The van der Waals surface area contributed by atoms with Crippen LogP contribution in [0.5, 0.6) is 5.75 Å². The maximum Gasteiger partial charge on any atom is 0.344 e. The Labute approximate surface area is 147 Å². The smallest absolute Gasteiger partial charge is 0.344 e. The van der Waals surface area contributed by atoms with Gasteiger partial charge in [-0.05, 0) is 43.2 Å². The number of carbonyl (C=O) groups is 1. The average molecular weight is 349 g/mol. The van der Waals surface area contributed by atoms with E-state index in [1.54, 1.807) is 12.1 Å². The van der Waals surface area contributed by atoms with Gasteiger partial charge in [0, 0.05) is 11.4 Å². The van der Waals surface area contributed by atoms with E-state index in [1.807, 2.05) is 43.3 Å². The van der Waals surface area contributed by atoms with Gasteiger partial charge in [-0.3, -0.25) is 0 Å². The molecule has 0 heterocycles. The molecular weight excluding hydrogens is 328 g/mol. The van der Waals surface area contributed by atoms with E-state index in [2.05, 4.69) is 0 Å².